The molecule has 0 saturated heterocycles. The van der Waals surface area contributed by atoms with Crippen LogP contribution in [0.4, 0.5) is 5.69 Å². The van der Waals surface area contributed by atoms with Crippen molar-refractivity contribution in [3.63, 3.8) is 0 Å². The van der Waals surface area contributed by atoms with Crippen molar-refractivity contribution in [3.05, 3.63) is 29.8 Å². The van der Waals surface area contributed by atoms with Crippen LogP contribution in [0.15, 0.2) is 18.5 Å². The Labute approximate surface area is 117 Å². The standard InChI is InChI=1S/C14H17N5O/c1-9-6-10(2)19(18-9)14-15-7-12(8-16-14)17-13(20)11-4-3-5-11/h6-8,11H,3-5H2,1-2H3,(H,17,20). The quantitative estimate of drug-likeness (QED) is 0.927. The molecule has 1 N–H and O–H groups in total. The number of nitrogens with zero attached hydrogens (tertiary/aromatic N) is 4. The van der Waals surface area contributed by atoms with Crippen molar-refractivity contribution in [2.45, 2.75) is 33.1 Å². The van der Waals surface area contributed by atoms with Crippen molar-refractivity contribution in [2.75, 3.05) is 5.32 Å². The number of anilines is 1. The second-order valence-corrected chi connectivity index (χ2v) is 5.23. The van der Waals surface area contributed by atoms with Crippen LogP contribution in [-0.2, 0) is 4.79 Å². The monoisotopic (exact) mass is 271 g/mol. The Hall–Kier alpha value is -2.24. The second-order valence-electron chi connectivity index (χ2n) is 5.23. The second kappa shape index (κ2) is 5.03. The Balaban J connectivity index is 1.74. The van der Waals surface area contributed by atoms with Crippen LogP contribution in [0.2, 0.25) is 0 Å². The zero-order chi connectivity index (χ0) is 14.1. The van der Waals surface area contributed by atoms with E-state index in [-0.39, 0.29) is 11.8 Å². The highest BCUT2D eigenvalue weighted by Gasteiger charge is 2.25. The van der Waals surface area contributed by atoms with Gasteiger partial charge in [-0.25, -0.2) is 14.6 Å². The third-order valence-corrected chi connectivity index (χ3v) is 3.58. The lowest BCUT2D eigenvalue weighted by atomic mass is 9.85. The van der Waals surface area contributed by atoms with E-state index >= 15 is 0 Å². The van der Waals surface area contributed by atoms with Gasteiger partial charge in [-0.3, -0.25) is 4.79 Å². The number of aromatic nitrogens is 4. The Kier molecular flexibility index (Phi) is 3.22. The van der Waals surface area contributed by atoms with E-state index in [9.17, 15) is 4.79 Å². The summed E-state index contributed by atoms with van der Waals surface area (Å²) in [6.45, 7) is 3.88. The van der Waals surface area contributed by atoms with Crippen molar-refractivity contribution >= 4 is 11.6 Å². The van der Waals surface area contributed by atoms with Gasteiger partial charge in [-0.05, 0) is 32.8 Å². The molecule has 104 valence electrons. The van der Waals surface area contributed by atoms with E-state index in [1.165, 1.54) is 0 Å². The van der Waals surface area contributed by atoms with E-state index in [1.54, 1.807) is 17.1 Å². The fourth-order valence-electron chi connectivity index (χ4n) is 2.24. The number of amides is 1. The molecule has 0 atom stereocenters. The number of aryl methyl sites for hydroxylation is 2. The van der Waals surface area contributed by atoms with Crippen molar-refractivity contribution < 1.29 is 4.79 Å². The molecule has 0 bridgehead atoms. The third kappa shape index (κ3) is 2.41. The number of carbonyl (C=O) groups excluding carboxylic acids is 1. The highest BCUT2D eigenvalue weighted by atomic mass is 16.1. The van der Waals surface area contributed by atoms with Gasteiger partial charge in [0.05, 0.1) is 23.8 Å². The molecule has 0 aliphatic heterocycles. The van der Waals surface area contributed by atoms with Gasteiger partial charge in [-0.1, -0.05) is 6.42 Å². The van der Waals surface area contributed by atoms with E-state index in [4.69, 9.17) is 0 Å². The summed E-state index contributed by atoms with van der Waals surface area (Å²) >= 11 is 0. The first-order valence-corrected chi connectivity index (χ1v) is 6.80. The number of hydrogen-bond donors (Lipinski definition) is 1. The molecule has 20 heavy (non-hydrogen) atoms. The fraction of sp³-hybridized carbons (Fsp3) is 0.429. The van der Waals surface area contributed by atoms with E-state index in [1.807, 2.05) is 19.9 Å². The number of hydrogen-bond acceptors (Lipinski definition) is 4. The Bertz CT molecular complexity index is 628. The molecule has 1 amide bonds. The smallest absolute Gasteiger partial charge is 0.250 e. The minimum atomic E-state index is 0.0683. The summed E-state index contributed by atoms with van der Waals surface area (Å²) < 4.78 is 1.69. The lowest BCUT2D eigenvalue weighted by Gasteiger charge is -2.23. The molecule has 1 aliphatic carbocycles. The molecule has 0 radical (unpaired) electrons. The zero-order valence-electron chi connectivity index (χ0n) is 11.6. The molecule has 1 aliphatic rings. The van der Waals surface area contributed by atoms with Crippen LogP contribution in [0, 0.1) is 19.8 Å². The average molecular weight is 271 g/mol. The molecule has 1 fully saturated rings. The highest BCUT2D eigenvalue weighted by Crippen LogP contribution is 2.27. The number of rotatable bonds is 3. The van der Waals surface area contributed by atoms with Gasteiger partial charge in [0.15, 0.2) is 0 Å². The lowest BCUT2D eigenvalue weighted by Crippen LogP contribution is -2.28. The summed E-state index contributed by atoms with van der Waals surface area (Å²) in [4.78, 5) is 20.3. The summed E-state index contributed by atoms with van der Waals surface area (Å²) in [5, 5.41) is 7.17. The van der Waals surface area contributed by atoms with E-state index in [2.05, 4.69) is 20.4 Å². The first-order chi connectivity index (χ1) is 9.63. The molecule has 6 heteroatoms. The molecule has 3 rings (SSSR count). The minimum Gasteiger partial charge on any atom is -0.323 e. The predicted molar refractivity (Wildman–Crippen MR) is 74.6 cm³/mol. The summed E-state index contributed by atoms with van der Waals surface area (Å²) in [5.74, 6) is 0.738. The fourth-order valence-corrected chi connectivity index (χ4v) is 2.24. The summed E-state index contributed by atoms with van der Waals surface area (Å²) in [5.41, 5.74) is 2.54. The van der Waals surface area contributed by atoms with Gasteiger partial charge in [-0.15, -0.1) is 0 Å². The van der Waals surface area contributed by atoms with E-state index < -0.39 is 0 Å². The van der Waals surface area contributed by atoms with Crippen molar-refractivity contribution in [2.24, 2.45) is 5.92 Å². The van der Waals surface area contributed by atoms with Gasteiger partial charge in [0.1, 0.15) is 0 Å². The van der Waals surface area contributed by atoms with Crippen molar-refractivity contribution in [3.8, 4) is 5.95 Å². The third-order valence-electron chi connectivity index (χ3n) is 3.58. The molecule has 6 nitrogen and oxygen atoms in total. The maximum Gasteiger partial charge on any atom is 0.250 e. The molecule has 2 aromatic rings. The minimum absolute atomic E-state index is 0.0683. The Morgan fingerprint density at radius 1 is 1.30 bits per heavy atom. The number of nitrogens with one attached hydrogen (secondary N) is 1. The highest BCUT2D eigenvalue weighted by molar-refractivity contribution is 5.92. The Morgan fingerprint density at radius 3 is 2.50 bits per heavy atom. The first-order valence-electron chi connectivity index (χ1n) is 6.80. The van der Waals surface area contributed by atoms with E-state index in [0.717, 1.165) is 30.7 Å². The number of carbonyl (C=O) groups is 1. The summed E-state index contributed by atoms with van der Waals surface area (Å²) in [6, 6.07) is 1.97. The maximum atomic E-state index is 11.8. The zero-order valence-corrected chi connectivity index (χ0v) is 11.6. The van der Waals surface area contributed by atoms with E-state index in [0.29, 0.717) is 11.6 Å². The normalized spacial score (nSPS) is 14.9. The van der Waals surface area contributed by atoms with Gasteiger partial charge >= 0.3 is 0 Å². The van der Waals surface area contributed by atoms with Crippen LogP contribution in [0.25, 0.3) is 5.95 Å². The largest absolute Gasteiger partial charge is 0.323 e. The summed E-state index contributed by atoms with van der Waals surface area (Å²) in [7, 11) is 0. The Morgan fingerprint density at radius 2 is 2.00 bits per heavy atom. The molecule has 0 unspecified atom stereocenters. The molecular formula is C14H17N5O. The van der Waals surface area contributed by atoms with Gasteiger partial charge in [0.2, 0.25) is 5.91 Å². The molecule has 0 aromatic carbocycles. The lowest BCUT2D eigenvalue weighted by molar-refractivity contribution is -0.122. The molecule has 2 heterocycles. The molecule has 0 spiro atoms. The average Bonchev–Trinajstić information content (AvgIpc) is 2.67. The van der Waals surface area contributed by atoms with Gasteiger partial charge in [0, 0.05) is 11.6 Å². The maximum absolute atomic E-state index is 11.8. The van der Waals surface area contributed by atoms with Crippen LogP contribution in [0.3, 0.4) is 0 Å². The van der Waals surface area contributed by atoms with Crippen LogP contribution < -0.4 is 5.32 Å². The van der Waals surface area contributed by atoms with Gasteiger partial charge in [-0.2, -0.15) is 5.10 Å². The predicted octanol–water partition coefficient (Wildman–Crippen LogP) is 2.02. The van der Waals surface area contributed by atoms with Crippen LogP contribution in [-0.4, -0.2) is 25.7 Å². The first kappa shape index (κ1) is 12.8. The van der Waals surface area contributed by atoms with Gasteiger partial charge < -0.3 is 5.32 Å². The topological polar surface area (TPSA) is 72.7 Å². The van der Waals surface area contributed by atoms with Crippen molar-refractivity contribution in [1.82, 2.24) is 19.7 Å². The molecule has 2 aromatic heterocycles. The van der Waals surface area contributed by atoms with Crippen LogP contribution in [0.5, 0.6) is 0 Å². The van der Waals surface area contributed by atoms with Gasteiger partial charge in [0.25, 0.3) is 5.95 Å². The van der Waals surface area contributed by atoms with Crippen LogP contribution in [0.1, 0.15) is 30.7 Å². The van der Waals surface area contributed by atoms with Crippen molar-refractivity contribution in [1.29, 1.82) is 0 Å². The summed E-state index contributed by atoms with van der Waals surface area (Å²) in [6.07, 6.45) is 6.35. The molecule has 1 saturated carbocycles. The molecular weight excluding hydrogens is 254 g/mol. The SMILES string of the molecule is Cc1cc(C)n(-c2ncc(NC(=O)C3CCC3)cn2)n1. The van der Waals surface area contributed by atoms with Crippen LogP contribution >= 0.6 is 0 Å².